The molecule has 2 aromatic rings. The van der Waals surface area contributed by atoms with Crippen LogP contribution < -0.4 is 5.32 Å². The van der Waals surface area contributed by atoms with Crippen molar-refractivity contribution in [1.29, 1.82) is 0 Å². The molecule has 0 aliphatic rings. The molecule has 2 heterocycles. The van der Waals surface area contributed by atoms with Gasteiger partial charge >= 0.3 is 0 Å². The number of carbonyl (C=O) groups excluding carboxylic acids is 1. The van der Waals surface area contributed by atoms with E-state index in [2.05, 4.69) is 68.1 Å². The second-order valence-electron chi connectivity index (χ2n) is 5.10. The number of aromatic nitrogens is 2. The highest BCUT2D eigenvalue weighted by atomic mass is 79.9. The first-order valence-corrected chi connectivity index (χ1v) is 7.99. The predicted octanol–water partition coefficient (Wildman–Crippen LogP) is 4.55. The van der Waals surface area contributed by atoms with Gasteiger partial charge in [-0.25, -0.2) is 0 Å². The van der Waals surface area contributed by atoms with Crippen molar-refractivity contribution in [3.05, 3.63) is 31.0 Å². The van der Waals surface area contributed by atoms with Gasteiger partial charge in [0.25, 0.3) is 5.91 Å². The van der Waals surface area contributed by atoms with Gasteiger partial charge in [-0.1, -0.05) is 20.8 Å². The first-order chi connectivity index (χ1) is 8.77. The molecule has 0 saturated carbocycles. The first kappa shape index (κ1) is 14.7. The summed E-state index contributed by atoms with van der Waals surface area (Å²) in [6.45, 7) is 6.25. The Morgan fingerprint density at radius 1 is 1.37 bits per heavy atom. The van der Waals surface area contributed by atoms with E-state index in [1.807, 2.05) is 6.07 Å². The molecule has 2 aromatic heterocycles. The van der Waals surface area contributed by atoms with Crippen LogP contribution >= 0.6 is 43.2 Å². The van der Waals surface area contributed by atoms with Crippen LogP contribution in [0.25, 0.3) is 0 Å². The second-order valence-corrected chi connectivity index (χ2v) is 8.33. The van der Waals surface area contributed by atoms with Crippen molar-refractivity contribution < 1.29 is 4.79 Å². The molecule has 0 bridgehead atoms. The molecule has 4 nitrogen and oxygen atoms in total. The molecule has 0 saturated heterocycles. The number of H-pyrrole nitrogens is 1. The van der Waals surface area contributed by atoms with E-state index in [1.165, 1.54) is 11.3 Å². The van der Waals surface area contributed by atoms with E-state index in [1.54, 1.807) is 6.07 Å². The molecule has 0 spiro atoms. The largest absolute Gasteiger partial charge is 0.304 e. The number of anilines is 1. The fraction of sp³-hybridized carbons (Fsp3) is 0.333. The molecule has 102 valence electrons. The van der Waals surface area contributed by atoms with Gasteiger partial charge in [-0.3, -0.25) is 9.89 Å². The average molecular weight is 407 g/mol. The highest BCUT2D eigenvalue weighted by Crippen LogP contribution is 2.32. The smallest absolute Gasteiger partial charge is 0.267 e. The topological polar surface area (TPSA) is 57.8 Å². The van der Waals surface area contributed by atoms with Gasteiger partial charge < -0.3 is 5.32 Å². The molecule has 1 amide bonds. The third kappa shape index (κ3) is 3.46. The summed E-state index contributed by atoms with van der Waals surface area (Å²) < 4.78 is 1.77. The highest BCUT2D eigenvalue weighted by Gasteiger charge is 2.18. The molecule has 0 fully saturated rings. The van der Waals surface area contributed by atoms with Crippen molar-refractivity contribution in [2.75, 3.05) is 5.32 Å². The number of nitrogens with zero attached hydrogens (tertiary/aromatic N) is 1. The molecule has 0 aliphatic carbocycles. The van der Waals surface area contributed by atoms with Gasteiger partial charge in [0.15, 0.2) is 5.82 Å². The van der Waals surface area contributed by atoms with Crippen LogP contribution in [0.4, 0.5) is 5.82 Å². The zero-order valence-electron chi connectivity index (χ0n) is 10.7. The Bertz CT molecular complexity index is 593. The number of carbonyl (C=O) groups is 1. The molecule has 0 radical (unpaired) electrons. The number of thiophene rings is 1. The molecule has 0 unspecified atom stereocenters. The Balaban J connectivity index is 2.13. The molecule has 0 aromatic carbocycles. The van der Waals surface area contributed by atoms with Crippen LogP contribution in [-0.4, -0.2) is 16.1 Å². The van der Waals surface area contributed by atoms with Gasteiger partial charge in [-0.2, -0.15) is 5.10 Å². The minimum absolute atomic E-state index is 0.0229. The van der Waals surface area contributed by atoms with Gasteiger partial charge in [-0.05, 0) is 37.9 Å². The molecular weight excluding hydrogens is 394 g/mol. The van der Waals surface area contributed by atoms with Crippen LogP contribution in [0, 0.1) is 0 Å². The summed E-state index contributed by atoms with van der Waals surface area (Å²) in [5, 5.41) is 9.82. The zero-order valence-corrected chi connectivity index (χ0v) is 14.7. The lowest BCUT2D eigenvalue weighted by atomic mass is 9.92. The maximum absolute atomic E-state index is 12.0. The van der Waals surface area contributed by atoms with Crippen molar-refractivity contribution in [1.82, 2.24) is 10.2 Å². The lowest BCUT2D eigenvalue weighted by Gasteiger charge is -2.14. The molecule has 19 heavy (non-hydrogen) atoms. The average Bonchev–Trinajstić information content (AvgIpc) is 2.86. The number of hydrogen-bond acceptors (Lipinski definition) is 3. The fourth-order valence-electron chi connectivity index (χ4n) is 1.41. The summed E-state index contributed by atoms with van der Waals surface area (Å²) in [6, 6.07) is 3.64. The van der Waals surface area contributed by atoms with Gasteiger partial charge in [0.05, 0.1) is 8.66 Å². The van der Waals surface area contributed by atoms with Crippen molar-refractivity contribution in [3.63, 3.8) is 0 Å². The van der Waals surface area contributed by atoms with E-state index in [0.717, 1.165) is 14.0 Å². The number of hydrogen-bond donors (Lipinski definition) is 2. The van der Waals surface area contributed by atoms with Crippen molar-refractivity contribution in [2.24, 2.45) is 0 Å². The van der Waals surface area contributed by atoms with E-state index in [0.29, 0.717) is 10.7 Å². The molecule has 0 atom stereocenters. The van der Waals surface area contributed by atoms with Crippen LogP contribution in [0.1, 0.15) is 36.1 Å². The quantitative estimate of drug-likeness (QED) is 0.768. The molecule has 7 heteroatoms. The molecule has 2 N–H and O–H groups in total. The predicted molar refractivity (Wildman–Crippen MR) is 85.0 cm³/mol. The fourth-order valence-corrected chi connectivity index (χ4v) is 3.34. The summed E-state index contributed by atoms with van der Waals surface area (Å²) in [6.07, 6.45) is 0. The van der Waals surface area contributed by atoms with Crippen LogP contribution in [0.2, 0.25) is 0 Å². The van der Waals surface area contributed by atoms with Crippen LogP contribution in [0.15, 0.2) is 20.4 Å². The lowest BCUT2D eigenvalue weighted by molar-refractivity contribution is 0.103. The second kappa shape index (κ2) is 5.38. The van der Waals surface area contributed by atoms with E-state index < -0.39 is 0 Å². The minimum atomic E-state index is -0.164. The minimum Gasteiger partial charge on any atom is -0.304 e. The SMILES string of the molecule is CC(C)(C)c1cc(NC(=O)c2cc(Br)c(Br)s2)n[nH]1. The summed E-state index contributed by atoms with van der Waals surface area (Å²) >= 11 is 8.11. The van der Waals surface area contributed by atoms with Gasteiger partial charge in [0.2, 0.25) is 0 Å². The summed E-state index contributed by atoms with van der Waals surface area (Å²) in [5.74, 6) is 0.374. The number of aromatic amines is 1. The van der Waals surface area contributed by atoms with Gasteiger partial charge in [0, 0.05) is 21.6 Å². The standard InChI is InChI=1S/C12H13Br2N3OS/c1-12(2,3)8-5-9(17-16-8)15-11(18)7-4-6(13)10(14)19-7/h4-5H,1-3H3,(H2,15,16,17,18). The van der Waals surface area contributed by atoms with E-state index in [9.17, 15) is 4.79 Å². The first-order valence-electron chi connectivity index (χ1n) is 5.59. The Kier molecular flexibility index (Phi) is 4.17. The lowest BCUT2D eigenvalue weighted by Crippen LogP contribution is -2.11. The van der Waals surface area contributed by atoms with Gasteiger partial charge in [0.1, 0.15) is 0 Å². The Hall–Kier alpha value is -0.660. The summed E-state index contributed by atoms with van der Waals surface area (Å²) in [4.78, 5) is 12.7. The van der Waals surface area contributed by atoms with E-state index in [4.69, 9.17) is 0 Å². The van der Waals surface area contributed by atoms with Crippen LogP contribution in [0.5, 0.6) is 0 Å². The van der Waals surface area contributed by atoms with Crippen LogP contribution in [0.3, 0.4) is 0 Å². The van der Waals surface area contributed by atoms with E-state index in [-0.39, 0.29) is 11.3 Å². The van der Waals surface area contributed by atoms with Gasteiger partial charge in [-0.15, -0.1) is 11.3 Å². The summed E-state index contributed by atoms with van der Waals surface area (Å²) in [5.41, 5.74) is 0.960. The Labute approximate surface area is 132 Å². The van der Waals surface area contributed by atoms with Crippen molar-refractivity contribution >= 4 is 54.9 Å². The van der Waals surface area contributed by atoms with E-state index >= 15 is 0 Å². The molecular formula is C12H13Br2N3OS. The van der Waals surface area contributed by atoms with Crippen molar-refractivity contribution in [3.8, 4) is 0 Å². The Morgan fingerprint density at radius 2 is 2.05 bits per heavy atom. The highest BCUT2D eigenvalue weighted by molar-refractivity contribution is 9.13. The number of rotatable bonds is 2. The Morgan fingerprint density at radius 3 is 2.53 bits per heavy atom. The maximum Gasteiger partial charge on any atom is 0.267 e. The maximum atomic E-state index is 12.0. The molecule has 0 aliphatic heterocycles. The van der Waals surface area contributed by atoms with Crippen molar-refractivity contribution in [2.45, 2.75) is 26.2 Å². The third-order valence-corrected chi connectivity index (χ3v) is 5.75. The number of nitrogens with one attached hydrogen (secondary N) is 2. The summed E-state index contributed by atoms with van der Waals surface area (Å²) in [7, 11) is 0. The van der Waals surface area contributed by atoms with Crippen LogP contribution in [-0.2, 0) is 5.41 Å². The third-order valence-electron chi connectivity index (χ3n) is 2.50. The zero-order chi connectivity index (χ0) is 14.2. The number of halogens is 2. The molecule has 2 rings (SSSR count). The normalized spacial score (nSPS) is 11.6. The monoisotopic (exact) mass is 405 g/mol. The number of amides is 1.